The lowest BCUT2D eigenvalue weighted by molar-refractivity contribution is -0.407. The molecule has 37 heavy (non-hydrogen) atoms. The molecule has 212 valence electrons. The third-order valence-electron chi connectivity index (χ3n) is 10.2. The molecule has 1 aliphatic heterocycles. The summed E-state index contributed by atoms with van der Waals surface area (Å²) in [6.07, 6.45) is 13.4. The average Bonchev–Trinajstić information content (AvgIpc) is 3.20. The van der Waals surface area contributed by atoms with Crippen molar-refractivity contribution >= 4 is 18.9 Å². The molecule has 7 atom stereocenters. The maximum Gasteiger partial charge on any atom is 0.481 e. The maximum atomic E-state index is 13.2. The van der Waals surface area contributed by atoms with E-state index in [4.69, 9.17) is 9.31 Å². The Kier molecular flexibility index (Phi) is 10.4. The van der Waals surface area contributed by atoms with Crippen LogP contribution < -0.4 is 28.8 Å². The predicted octanol–water partition coefficient (Wildman–Crippen LogP) is 0.409. The SMILES string of the molecule is CCCCC[C@H](NC(=O)[C@H](C)NC(=O)[C@H]([NH3+])CC1CCCCC1)B1O[C@@H]2C[C@@H]3C[C@@H](C3(C)C)[C@]2(C)O1.[Cl-]. The van der Waals surface area contributed by atoms with Crippen LogP contribution in [0.15, 0.2) is 0 Å². The summed E-state index contributed by atoms with van der Waals surface area (Å²) in [5, 5.41) is 6.11. The van der Waals surface area contributed by atoms with E-state index in [0.717, 1.165) is 38.5 Å². The lowest BCUT2D eigenvalue weighted by atomic mass is 9.43. The topological polar surface area (TPSA) is 104 Å². The Hall–Kier alpha value is -0.825. The van der Waals surface area contributed by atoms with Crippen LogP contribution in [-0.4, -0.2) is 48.7 Å². The number of rotatable bonds is 11. The number of halogens is 1. The van der Waals surface area contributed by atoms with E-state index in [2.05, 4.69) is 44.1 Å². The van der Waals surface area contributed by atoms with Crippen LogP contribution in [0, 0.1) is 23.2 Å². The third-order valence-corrected chi connectivity index (χ3v) is 10.2. The van der Waals surface area contributed by atoms with Crippen molar-refractivity contribution in [2.45, 2.75) is 141 Å². The van der Waals surface area contributed by atoms with Gasteiger partial charge in [-0.05, 0) is 56.3 Å². The minimum atomic E-state index is -0.618. The minimum absolute atomic E-state index is 0. The molecule has 0 unspecified atom stereocenters. The fourth-order valence-corrected chi connectivity index (χ4v) is 7.60. The second kappa shape index (κ2) is 12.6. The normalized spacial score (nSPS) is 32.8. The Bertz CT molecular complexity index is 795. The highest BCUT2D eigenvalue weighted by Gasteiger charge is 2.68. The van der Waals surface area contributed by atoms with Gasteiger partial charge in [-0.15, -0.1) is 0 Å². The van der Waals surface area contributed by atoms with E-state index in [1.165, 1.54) is 38.5 Å². The van der Waals surface area contributed by atoms with Crippen molar-refractivity contribution in [2.24, 2.45) is 23.2 Å². The molecule has 4 saturated carbocycles. The van der Waals surface area contributed by atoms with E-state index < -0.39 is 13.2 Å². The van der Waals surface area contributed by atoms with Gasteiger partial charge in [0.25, 0.3) is 5.91 Å². The molecular formula is C28H51BClN3O4. The van der Waals surface area contributed by atoms with E-state index in [1.54, 1.807) is 6.92 Å². The number of nitrogens with one attached hydrogen (secondary N) is 2. The summed E-state index contributed by atoms with van der Waals surface area (Å²) >= 11 is 0. The van der Waals surface area contributed by atoms with Crippen LogP contribution in [-0.2, 0) is 18.9 Å². The van der Waals surface area contributed by atoms with Gasteiger partial charge in [-0.1, -0.05) is 72.1 Å². The molecule has 2 amide bonds. The largest absolute Gasteiger partial charge is 1.00 e. The van der Waals surface area contributed by atoms with Crippen LogP contribution in [0.5, 0.6) is 0 Å². The summed E-state index contributed by atoms with van der Waals surface area (Å²) < 4.78 is 13.2. The van der Waals surface area contributed by atoms with Crippen LogP contribution in [0.25, 0.3) is 0 Å². The van der Waals surface area contributed by atoms with E-state index in [-0.39, 0.29) is 53.3 Å². The molecule has 5 N–H and O–H groups in total. The number of hydrogen-bond donors (Lipinski definition) is 3. The Morgan fingerprint density at radius 2 is 1.76 bits per heavy atom. The number of carbonyl (C=O) groups excluding carboxylic acids is 2. The van der Waals surface area contributed by atoms with Gasteiger partial charge < -0.3 is 38.1 Å². The molecule has 0 aromatic rings. The van der Waals surface area contributed by atoms with Gasteiger partial charge in [0.15, 0.2) is 6.04 Å². The maximum absolute atomic E-state index is 13.2. The lowest BCUT2D eigenvalue weighted by Gasteiger charge is -2.64. The number of hydrogen-bond acceptors (Lipinski definition) is 4. The van der Waals surface area contributed by atoms with Crippen molar-refractivity contribution in [3.05, 3.63) is 0 Å². The van der Waals surface area contributed by atoms with Crippen LogP contribution >= 0.6 is 0 Å². The molecule has 0 radical (unpaired) electrons. The van der Waals surface area contributed by atoms with Gasteiger partial charge in [0.1, 0.15) is 6.04 Å². The first kappa shape index (κ1) is 30.7. The summed E-state index contributed by atoms with van der Waals surface area (Å²) in [4.78, 5) is 26.0. The number of quaternary nitrogens is 1. The van der Waals surface area contributed by atoms with Crippen molar-refractivity contribution in [1.82, 2.24) is 10.6 Å². The Labute approximate surface area is 231 Å². The van der Waals surface area contributed by atoms with E-state index in [1.807, 2.05) is 0 Å². The van der Waals surface area contributed by atoms with Gasteiger partial charge in [-0.25, -0.2) is 0 Å². The highest BCUT2D eigenvalue weighted by atomic mass is 35.5. The molecule has 2 bridgehead atoms. The van der Waals surface area contributed by atoms with Crippen molar-refractivity contribution in [1.29, 1.82) is 0 Å². The first-order chi connectivity index (χ1) is 17.1. The Balaban J connectivity index is 0.00000380. The van der Waals surface area contributed by atoms with Gasteiger partial charge in [0, 0.05) is 6.42 Å². The fraction of sp³-hybridized carbons (Fsp3) is 0.929. The van der Waals surface area contributed by atoms with Crippen molar-refractivity contribution in [3.63, 3.8) is 0 Å². The molecule has 9 heteroatoms. The average molecular weight is 540 g/mol. The van der Waals surface area contributed by atoms with E-state index >= 15 is 0 Å². The molecule has 0 aromatic carbocycles. The van der Waals surface area contributed by atoms with Gasteiger partial charge in [-0.3, -0.25) is 9.59 Å². The van der Waals surface area contributed by atoms with Gasteiger partial charge in [-0.2, -0.15) is 0 Å². The second-order valence-electron chi connectivity index (χ2n) is 13.1. The number of amides is 2. The van der Waals surface area contributed by atoms with Crippen molar-refractivity contribution < 1.29 is 37.0 Å². The molecule has 7 nitrogen and oxygen atoms in total. The minimum Gasteiger partial charge on any atom is -1.00 e. The molecule has 5 fully saturated rings. The second-order valence-corrected chi connectivity index (χ2v) is 13.1. The molecular weight excluding hydrogens is 489 g/mol. The zero-order valence-electron chi connectivity index (χ0n) is 23.8. The van der Waals surface area contributed by atoms with Crippen molar-refractivity contribution in [3.8, 4) is 0 Å². The standard InChI is InChI=1S/C28H50BN3O4.ClH/c1-6-7-9-14-24(29-35-23-17-20-16-22(27(20,3)4)28(23,5)36-29)32-25(33)18(2)31-26(34)21(30)15-19-12-10-8-11-13-19;/h18-24H,6-17,30H2,1-5H3,(H,31,34)(H,32,33);1H/t18-,20-,21+,22-,23+,24-,28-;/m0./s1. The summed E-state index contributed by atoms with van der Waals surface area (Å²) in [7, 11) is -0.439. The monoisotopic (exact) mass is 539 g/mol. The fourth-order valence-electron chi connectivity index (χ4n) is 7.60. The smallest absolute Gasteiger partial charge is 0.481 e. The molecule has 0 aromatic heterocycles. The van der Waals surface area contributed by atoms with Gasteiger partial charge in [0.2, 0.25) is 5.91 Å². The van der Waals surface area contributed by atoms with E-state index in [0.29, 0.717) is 17.8 Å². The first-order valence-electron chi connectivity index (χ1n) is 14.8. The Morgan fingerprint density at radius 3 is 2.41 bits per heavy atom. The van der Waals surface area contributed by atoms with Crippen LogP contribution in [0.4, 0.5) is 0 Å². The zero-order chi connectivity index (χ0) is 26.1. The summed E-state index contributed by atoms with van der Waals surface area (Å²) in [6.45, 7) is 10.9. The molecule has 4 aliphatic carbocycles. The Morgan fingerprint density at radius 1 is 1.05 bits per heavy atom. The number of unbranched alkanes of at least 4 members (excludes halogenated alkanes) is 2. The third kappa shape index (κ3) is 6.50. The summed E-state index contributed by atoms with van der Waals surface area (Å²) in [5.74, 6) is 1.24. The first-order valence-corrected chi connectivity index (χ1v) is 14.8. The highest BCUT2D eigenvalue weighted by Crippen LogP contribution is 2.65. The highest BCUT2D eigenvalue weighted by molar-refractivity contribution is 6.47. The summed E-state index contributed by atoms with van der Waals surface area (Å²) in [6, 6.07) is -0.934. The number of carbonyl (C=O) groups is 2. The van der Waals surface area contributed by atoms with Crippen LogP contribution in [0.3, 0.4) is 0 Å². The van der Waals surface area contributed by atoms with Crippen molar-refractivity contribution in [2.75, 3.05) is 0 Å². The lowest BCUT2D eigenvalue weighted by Crippen LogP contribution is -3.00. The van der Waals surface area contributed by atoms with E-state index in [9.17, 15) is 9.59 Å². The predicted molar refractivity (Wildman–Crippen MR) is 142 cm³/mol. The van der Waals surface area contributed by atoms with Gasteiger partial charge >= 0.3 is 7.12 Å². The molecule has 1 heterocycles. The zero-order valence-corrected chi connectivity index (χ0v) is 24.6. The molecule has 5 aliphatic rings. The molecule has 0 spiro atoms. The van der Waals surface area contributed by atoms with Crippen LogP contribution in [0.1, 0.15) is 112 Å². The quantitative estimate of drug-likeness (QED) is 0.261. The van der Waals surface area contributed by atoms with Crippen LogP contribution in [0.2, 0.25) is 0 Å². The molecule has 5 rings (SSSR count). The van der Waals surface area contributed by atoms with Gasteiger partial charge in [0.05, 0.1) is 17.6 Å². The summed E-state index contributed by atoms with van der Waals surface area (Å²) in [5.41, 5.74) is 4.09. The molecule has 1 saturated heterocycles.